The zero-order valence-electron chi connectivity index (χ0n) is 16.5. The molecule has 1 saturated carbocycles. The van der Waals surface area contributed by atoms with Crippen molar-refractivity contribution in [3.63, 3.8) is 0 Å². The van der Waals surface area contributed by atoms with Crippen LogP contribution >= 0.6 is 0 Å². The van der Waals surface area contributed by atoms with Gasteiger partial charge in [0.2, 0.25) is 5.91 Å². The molecule has 0 aromatic heterocycles. The summed E-state index contributed by atoms with van der Waals surface area (Å²) in [4.78, 5) is 13.1. The molecule has 1 unspecified atom stereocenters. The van der Waals surface area contributed by atoms with E-state index in [0.29, 0.717) is 0 Å². The van der Waals surface area contributed by atoms with Crippen LogP contribution in [0.1, 0.15) is 28.7 Å². The molecular formula is C25H25NO2. The van der Waals surface area contributed by atoms with Crippen molar-refractivity contribution >= 4 is 11.6 Å². The van der Waals surface area contributed by atoms with E-state index in [9.17, 15) is 4.79 Å². The summed E-state index contributed by atoms with van der Waals surface area (Å²) in [5, 5.41) is 3.08. The third-order valence-electron chi connectivity index (χ3n) is 5.75. The Balaban J connectivity index is 1.65. The highest BCUT2D eigenvalue weighted by Gasteiger charge is 2.60. The number of amides is 1. The van der Waals surface area contributed by atoms with Gasteiger partial charge in [-0.2, -0.15) is 0 Å². The quantitative estimate of drug-likeness (QED) is 0.665. The van der Waals surface area contributed by atoms with Crippen LogP contribution in [0.25, 0.3) is 0 Å². The molecule has 3 aromatic rings. The molecule has 0 heterocycles. The standard InChI is InChI=1S/C25H25NO2/c1-17-7-11-19(12-8-17)25(20-13-9-18(2)10-14-20)16-23(25)24(27)26-21-5-4-6-22(15-21)28-3/h4-15,23H,16H2,1-3H3,(H,26,27). The van der Waals surface area contributed by atoms with Gasteiger partial charge in [-0.25, -0.2) is 0 Å². The molecule has 28 heavy (non-hydrogen) atoms. The summed E-state index contributed by atoms with van der Waals surface area (Å²) < 4.78 is 5.26. The second-order valence-electron chi connectivity index (χ2n) is 7.68. The molecule has 1 aliphatic carbocycles. The molecule has 0 bridgehead atoms. The van der Waals surface area contributed by atoms with E-state index in [4.69, 9.17) is 4.74 Å². The van der Waals surface area contributed by atoms with Gasteiger partial charge in [0.05, 0.1) is 13.0 Å². The monoisotopic (exact) mass is 371 g/mol. The molecule has 1 atom stereocenters. The molecule has 0 aliphatic heterocycles. The zero-order chi connectivity index (χ0) is 19.7. The molecule has 0 saturated heterocycles. The van der Waals surface area contributed by atoms with Crippen molar-refractivity contribution in [2.45, 2.75) is 25.7 Å². The van der Waals surface area contributed by atoms with Crippen LogP contribution in [0.3, 0.4) is 0 Å². The van der Waals surface area contributed by atoms with Crippen molar-refractivity contribution < 1.29 is 9.53 Å². The molecule has 4 rings (SSSR count). The fraction of sp³-hybridized carbons (Fsp3) is 0.240. The molecule has 0 spiro atoms. The summed E-state index contributed by atoms with van der Waals surface area (Å²) in [5.41, 5.74) is 5.35. The first-order valence-corrected chi connectivity index (χ1v) is 9.62. The van der Waals surface area contributed by atoms with Crippen LogP contribution in [0.2, 0.25) is 0 Å². The summed E-state index contributed by atoms with van der Waals surface area (Å²) in [6.07, 6.45) is 0.814. The van der Waals surface area contributed by atoms with Gasteiger partial charge in [0.15, 0.2) is 0 Å². The molecule has 3 heteroatoms. The van der Waals surface area contributed by atoms with Gasteiger partial charge in [-0.3, -0.25) is 4.79 Å². The van der Waals surface area contributed by atoms with Crippen molar-refractivity contribution in [2.75, 3.05) is 12.4 Å². The Morgan fingerprint density at radius 3 is 2.04 bits per heavy atom. The maximum atomic E-state index is 13.1. The minimum absolute atomic E-state index is 0.0504. The number of nitrogens with one attached hydrogen (secondary N) is 1. The van der Waals surface area contributed by atoms with Crippen molar-refractivity contribution in [1.82, 2.24) is 0 Å². The lowest BCUT2D eigenvalue weighted by molar-refractivity contribution is -0.117. The molecule has 142 valence electrons. The highest BCUT2D eigenvalue weighted by molar-refractivity contribution is 5.97. The van der Waals surface area contributed by atoms with Crippen molar-refractivity contribution in [3.8, 4) is 5.75 Å². The number of carbonyl (C=O) groups is 1. The molecule has 1 fully saturated rings. The van der Waals surface area contributed by atoms with E-state index in [1.54, 1.807) is 7.11 Å². The number of methoxy groups -OCH3 is 1. The van der Waals surface area contributed by atoms with E-state index in [1.165, 1.54) is 22.3 Å². The van der Waals surface area contributed by atoms with Crippen LogP contribution in [0.5, 0.6) is 5.75 Å². The highest BCUT2D eigenvalue weighted by Crippen LogP contribution is 2.59. The van der Waals surface area contributed by atoms with Crippen LogP contribution in [0.15, 0.2) is 72.8 Å². The van der Waals surface area contributed by atoms with Crippen LogP contribution < -0.4 is 10.1 Å². The molecule has 1 amide bonds. The summed E-state index contributed by atoms with van der Waals surface area (Å²) >= 11 is 0. The number of benzene rings is 3. The lowest BCUT2D eigenvalue weighted by Crippen LogP contribution is -2.22. The second-order valence-corrected chi connectivity index (χ2v) is 7.68. The van der Waals surface area contributed by atoms with Crippen molar-refractivity contribution in [3.05, 3.63) is 95.1 Å². The van der Waals surface area contributed by atoms with E-state index >= 15 is 0 Å². The van der Waals surface area contributed by atoms with Gasteiger partial charge >= 0.3 is 0 Å². The summed E-state index contributed by atoms with van der Waals surface area (Å²) in [6.45, 7) is 4.17. The lowest BCUT2D eigenvalue weighted by atomic mass is 9.85. The first-order chi connectivity index (χ1) is 13.5. The SMILES string of the molecule is COc1cccc(NC(=O)C2CC2(c2ccc(C)cc2)c2ccc(C)cc2)c1. The van der Waals surface area contributed by atoms with Gasteiger partial charge in [0.25, 0.3) is 0 Å². The number of ether oxygens (including phenoxy) is 1. The molecule has 1 N–H and O–H groups in total. The molecule has 0 radical (unpaired) electrons. The largest absolute Gasteiger partial charge is 0.497 e. The van der Waals surface area contributed by atoms with Crippen LogP contribution in [0.4, 0.5) is 5.69 Å². The van der Waals surface area contributed by atoms with Crippen LogP contribution in [0, 0.1) is 19.8 Å². The van der Waals surface area contributed by atoms with Gasteiger partial charge < -0.3 is 10.1 Å². The summed E-state index contributed by atoms with van der Waals surface area (Å²) in [6, 6.07) is 24.6. The van der Waals surface area contributed by atoms with Gasteiger partial charge in [-0.15, -0.1) is 0 Å². The molecule has 3 aromatic carbocycles. The zero-order valence-corrected chi connectivity index (χ0v) is 16.5. The maximum absolute atomic E-state index is 13.1. The Labute approximate surface area is 166 Å². The number of hydrogen-bond acceptors (Lipinski definition) is 2. The second kappa shape index (κ2) is 7.16. The van der Waals surface area contributed by atoms with E-state index in [1.807, 2.05) is 24.3 Å². The summed E-state index contributed by atoms with van der Waals surface area (Å²) in [5.74, 6) is 0.690. The minimum Gasteiger partial charge on any atom is -0.497 e. The van der Waals surface area contributed by atoms with Crippen molar-refractivity contribution in [1.29, 1.82) is 0 Å². The number of anilines is 1. The normalized spacial score (nSPS) is 17.0. The number of aryl methyl sites for hydroxylation is 2. The van der Waals surface area contributed by atoms with Gasteiger partial charge in [0, 0.05) is 17.2 Å². The average molecular weight is 371 g/mol. The number of rotatable bonds is 5. The third kappa shape index (κ3) is 3.29. The van der Waals surface area contributed by atoms with Crippen LogP contribution in [-0.4, -0.2) is 13.0 Å². The summed E-state index contributed by atoms with van der Waals surface area (Å²) in [7, 11) is 1.63. The predicted octanol–water partition coefficient (Wildman–Crippen LogP) is 5.26. The third-order valence-corrected chi connectivity index (χ3v) is 5.75. The Hall–Kier alpha value is -3.07. The Kier molecular flexibility index (Phi) is 4.68. The molecule has 1 aliphatic rings. The number of hydrogen-bond donors (Lipinski definition) is 1. The Morgan fingerprint density at radius 2 is 1.50 bits per heavy atom. The molecular weight excluding hydrogens is 346 g/mol. The smallest absolute Gasteiger partial charge is 0.228 e. The predicted molar refractivity (Wildman–Crippen MR) is 113 cm³/mol. The van der Waals surface area contributed by atoms with E-state index in [-0.39, 0.29) is 17.2 Å². The fourth-order valence-electron chi connectivity index (χ4n) is 4.02. The highest BCUT2D eigenvalue weighted by atomic mass is 16.5. The van der Waals surface area contributed by atoms with Gasteiger partial charge in [0.1, 0.15) is 5.75 Å². The minimum atomic E-state index is -0.260. The maximum Gasteiger partial charge on any atom is 0.228 e. The van der Waals surface area contributed by atoms with Gasteiger partial charge in [-0.1, -0.05) is 65.7 Å². The van der Waals surface area contributed by atoms with Gasteiger partial charge in [-0.05, 0) is 43.5 Å². The molecule has 3 nitrogen and oxygen atoms in total. The van der Waals surface area contributed by atoms with E-state index in [2.05, 4.69) is 67.7 Å². The fourth-order valence-corrected chi connectivity index (χ4v) is 4.02. The Bertz CT molecular complexity index is 944. The van der Waals surface area contributed by atoms with E-state index < -0.39 is 0 Å². The Morgan fingerprint density at radius 1 is 0.929 bits per heavy atom. The average Bonchev–Trinajstić information content (AvgIpc) is 3.46. The first kappa shape index (κ1) is 18.3. The lowest BCUT2D eigenvalue weighted by Gasteiger charge is -2.19. The first-order valence-electron chi connectivity index (χ1n) is 9.62. The number of carbonyl (C=O) groups excluding carboxylic acids is 1. The van der Waals surface area contributed by atoms with Crippen LogP contribution in [-0.2, 0) is 10.2 Å². The topological polar surface area (TPSA) is 38.3 Å². The van der Waals surface area contributed by atoms with E-state index in [0.717, 1.165) is 17.9 Å². The van der Waals surface area contributed by atoms with Crippen molar-refractivity contribution in [2.24, 2.45) is 5.92 Å².